The number of ether oxygens (including phenoxy) is 18. The third-order valence-electron chi connectivity index (χ3n) is 22.3. The number of carbonyl (C=O) groups is 2. The topological polar surface area (TPSA) is 932 Å². The minimum atomic E-state index is -3.10. The molecule has 756 valence electrons. The Balaban J connectivity index is 1.33. The van der Waals surface area contributed by atoms with Crippen molar-refractivity contribution in [1.29, 1.82) is 0 Å². The van der Waals surface area contributed by atoms with Crippen molar-refractivity contribution < 1.29 is 274 Å². The fraction of sp³-hybridized carbons (Fsp3) is 0.944. The SMILES string of the molecule is CC(=O)NC1C(O)[C@H](O[C@@H]2OC(CO[C@H]3OC(CO[C@H]4OC(CO)[C@@H](O)C(O)C4O[C@H]4OC(CO)[C@@H](O)C(O)C4O)[C@@H](O)C(O[C@H](/C=C(\O)[C@H](O)CCO)OCO[C@@H](O)C(O)C(O)[C@H](O)CCO)C3O)[C@@H](O)C(O[C@@H](O)C(O[C@H]3OC(CO)[C@@H](O)C(O)C3O[C@@H](O)C(O)C(O)[C@H](O)CCO)C(O)[C@H](O)CCO)C2O)C(CO)O[C@H]1O[C@@H]1C(CO)O[C@@H](C)C(NC(C)=O)C1O. The Kier molecular flexibility index (Phi) is 46.0. The summed E-state index contributed by atoms with van der Waals surface area (Å²) in [6, 6.07) is -3.25. The third-order valence-corrected chi connectivity index (χ3v) is 22.3. The molecule has 37 N–H and O–H groups in total. The second-order valence-corrected chi connectivity index (χ2v) is 31.6. The molecule has 7 fully saturated rings. The lowest BCUT2D eigenvalue weighted by molar-refractivity contribution is -0.387. The fourth-order valence-electron chi connectivity index (χ4n) is 14.9. The maximum atomic E-state index is 13.1. The maximum absolute atomic E-state index is 13.1. The van der Waals surface area contributed by atoms with Gasteiger partial charge in [0.2, 0.25) is 11.8 Å². The Labute approximate surface area is 732 Å². The van der Waals surface area contributed by atoms with Gasteiger partial charge in [-0.3, -0.25) is 9.59 Å². The Morgan fingerprint density at radius 1 is 0.341 bits per heavy atom. The van der Waals surface area contributed by atoms with Crippen molar-refractivity contribution >= 4 is 11.8 Å². The van der Waals surface area contributed by atoms with Gasteiger partial charge in [-0.1, -0.05) is 0 Å². The van der Waals surface area contributed by atoms with Crippen LogP contribution in [0.4, 0.5) is 0 Å². The van der Waals surface area contributed by atoms with Crippen molar-refractivity contribution in [3.63, 3.8) is 0 Å². The van der Waals surface area contributed by atoms with Crippen LogP contribution in [-0.2, 0) is 94.9 Å². The van der Waals surface area contributed by atoms with Gasteiger partial charge in [0.05, 0.1) is 76.7 Å². The van der Waals surface area contributed by atoms with E-state index in [1.54, 1.807) is 0 Å². The van der Waals surface area contributed by atoms with E-state index >= 15 is 0 Å². The molecule has 7 aliphatic rings. The smallest absolute Gasteiger partial charge is 0.217 e. The highest BCUT2D eigenvalue weighted by Gasteiger charge is 2.59. The highest BCUT2D eigenvalue weighted by molar-refractivity contribution is 5.73. The first-order valence-corrected chi connectivity index (χ1v) is 41.0. The quantitative estimate of drug-likeness (QED) is 0.0199. The van der Waals surface area contributed by atoms with Crippen LogP contribution in [0, 0.1) is 0 Å². The van der Waals surface area contributed by atoms with Crippen LogP contribution >= 0.6 is 0 Å². The van der Waals surface area contributed by atoms with Crippen LogP contribution in [0.15, 0.2) is 11.8 Å². The predicted molar refractivity (Wildman–Crippen MR) is 401 cm³/mol. The van der Waals surface area contributed by atoms with Gasteiger partial charge in [-0.15, -0.1) is 0 Å². The molecule has 2 amide bonds. The average Bonchev–Trinajstić information content (AvgIpc) is 0.777. The number of hydrogen-bond acceptors (Lipinski definition) is 55. The molecule has 7 rings (SSSR count). The first kappa shape index (κ1) is 112. The molecule has 0 saturated carbocycles. The predicted octanol–water partition coefficient (Wildman–Crippen LogP) is -22.0. The monoisotopic (exact) mass is 1900 g/mol. The number of hydrogen-bond donors (Lipinski definition) is 37. The second kappa shape index (κ2) is 52.8. The van der Waals surface area contributed by atoms with Gasteiger partial charge < -0.3 is 275 Å². The van der Waals surface area contributed by atoms with Crippen molar-refractivity contribution in [3.8, 4) is 0 Å². The fourth-order valence-corrected chi connectivity index (χ4v) is 14.9. The van der Waals surface area contributed by atoms with E-state index < -0.39 is 424 Å². The molecule has 7 saturated heterocycles. The van der Waals surface area contributed by atoms with E-state index in [4.69, 9.17) is 85.3 Å². The van der Waals surface area contributed by atoms with E-state index in [9.17, 15) is 188 Å². The molecular weight excluding hydrogens is 1770 g/mol. The van der Waals surface area contributed by atoms with E-state index in [-0.39, 0.29) is 0 Å². The zero-order valence-electron chi connectivity index (χ0n) is 69.5. The van der Waals surface area contributed by atoms with Crippen molar-refractivity contribution in [2.24, 2.45) is 0 Å². The van der Waals surface area contributed by atoms with Crippen LogP contribution in [0.25, 0.3) is 0 Å². The molecule has 0 aromatic heterocycles. The minimum absolute atomic E-state index is 0.483. The number of rotatable bonds is 50. The molecule has 57 heteroatoms. The van der Waals surface area contributed by atoms with Gasteiger partial charge in [0, 0.05) is 52.8 Å². The van der Waals surface area contributed by atoms with E-state index in [2.05, 4.69) is 10.6 Å². The summed E-state index contributed by atoms with van der Waals surface area (Å²) in [6.45, 7) is -9.48. The van der Waals surface area contributed by atoms with E-state index in [0.717, 1.165) is 13.8 Å². The molecule has 7 aliphatic heterocycles. The molecule has 0 bridgehead atoms. The van der Waals surface area contributed by atoms with Gasteiger partial charge in [0.25, 0.3) is 0 Å². The van der Waals surface area contributed by atoms with Crippen molar-refractivity contribution in [2.45, 2.75) is 347 Å². The molecule has 0 aliphatic carbocycles. The average molecular weight is 1900 g/mol. The lowest BCUT2D eigenvalue weighted by Crippen LogP contribution is -2.70. The van der Waals surface area contributed by atoms with Gasteiger partial charge in [0.15, 0.2) is 69.7 Å². The molecule has 0 aromatic rings. The van der Waals surface area contributed by atoms with Gasteiger partial charge in [-0.25, -0.2) is 0 Å². The first-order chi connectivity index (χ1) is 60.9. The van der Waals surface area contributed by atoms with Crippen LogP contribution in [0.5, 0.6) is 0 Å². The van der Waals surface area contributed by atoms with Crippen LogP contribution < -0.4 is 10.6 Å². The number of carbonyl (C=O) groups excluding carboxylic acids is 2. The van der Waals surface area contributed by atoms with Crippen LogP contribution in [-0.4, -0.2) is 571 Å². The van der Waals surface area contributed by atoms with E-state index in [1.807, 2.05) is 0 Å². The number of amides is 2. The summed E-state index contributed by atoms with van der Waals surface area (Å²) in [5.74, 6) is -2.80. The van der Waals surface area contributed by atoms with Crippen LogP contribution in [0.2, 0.25) is 0 Å². The summed E-state index contributed by atoms with van der Waals surface area (Å²) in [6.07, 6.45) is -109. The van der Waals surface area contributed by atoms with Gasteiger partial charge in [-0.05, 0) is 26.2 Å². The highest BCUT2D eigenvalue weighted by atomic mass is 16.8. The summed E-state index contributed by atoms with van der Waals surface area (Å²) < 4.78 is 105. The summed E-state index contributed by atoms with van der Waals surface area (Å²) in [5, 5.41) is 389. The van der Waals surface area contributed by atoms with Crippen LogP contribution in [0.1, 0.15) is 46.5 Å². The normalized spacial score (nSPS) is 40.7. The zero-order chi connectivity index (χ0) is 96.2. The minimum Gasteiger partial charge on any atom is -0.510 e. The molecule has 49 atom stereocenters. The zero-order valence-corrected chi connectivity index (χ0v) is 69.5. The van der Waals surface area contributed by atoms with Gasteiger partial charge in [0.1, 0.15) is 213 Å². The lowest BCUT2D eigenvalue weighted by atomic mass is 9.92. The Hall–Kier alpha value is -3.60. The summed E-state index contributed by atoms with van der Waals surface area (Å²) in [4.78, 5) is 25.4. The lowest BCUT2D eigenvalue weighted by Gasteiger charge is -2.50. The molecule has 129 heavy (non-hydrogen) atoms. The molecule has 57 nitrogen and oxygen atoms in total. The largest absolute Gasteiger partial charge is 0.510 e. The van der Waals surface area contributed by atoms with Crippen molar-refractivity contribution in [1.82, 2.24) is 10.6 Å². The molecular formula is C72H128N2O55. The van der Waals surface area contributed by atoms with E-state index in [0.29, 0.717) is 6.08 Å². The second-order valence-electron chi connectivity index (χ2n) is 31.6. The van der Waals surface area contributed by atoms with Gasteiger partial charge in [-0.2, -0.15) is 0 Å². The summed E-state index contributed by atoms with van der Waals surface area (Å²) in [5.41, 5.74) is 0. The highest BCUT2D eigenvalue weighted by Crippen LogP contribution is 2.39. The van der Waals surface area contributed by atoms with Crippen molar-refractivity contribution in [2.75, 3.05) is 79.5 Å². The molecule has 0 spiro atoms. The number of aliphatic hydroxyl groups is 35. The third kappa shape index (κ3) is 28.8. The molecule has 0 aromatic carbocycles. The van der Waals surface area contributed by atoms with Crippen LogP contribution in [0.3, 0.4) is 0 Å². The Morgan fingerprint density at radius 3 is 1.26 bits per heavy atom. The van der Waals surface area contributed by atoms with Gasteiger partial charge >= 0.3 is 0 Å². The Morgan fingerprint density at radius 2 is 0.736 bits per heavy atom. The number of nitrogens with one attached hydrogen (secondary N) is 2. The summed E-state index contributed by atoms with van der Waals surface area (Å²) >= 11 is 0. The molecule has 27 unspecified atom stereocenters. The molecule has 7 heterocycles. The van der Waals surface area contributed by atoms with Crippen molar-refractivity contribution in [3.05, 3.63) is 11.8 Å². The first-order valence-electron chi connectivity index (χ1n) is 41.0. The summed E-state index contributed by atoms with van der Waals surface area (Å²) in [7, 11) is 0. The maximum Gasteiger partial charge on any atom is 0.217 e. The number of aliphatic hydroxyl groups excluding tert-OH is 35. The molecule has 0 radical (unpaired) electrons. The standard InChI is InChI=1S/C72H128N2O55/c1-21-37(73-22(2)84)47(99)57(32(16-82)116-21)126-67-38(74-23(3)85)48(100)58(33(17-83)120-67)127-70-56(108)60(124-66(111)61(41(93)27(89)7-11-78)128-72-63(51(103)44(96)31(15-81)119-72)125-65(110)53(105)40(92)26(88)6-10-77)46(98)35(122-70)18-112-68-55(107)59(123-36(12-28(90)24(86)4-8-75)114-20-115-64(109)52(104)39(91)25(87)5-9-76)45(97)34(121-68)19-113-71-62(50(102)43(95)30(14-80)118-71)129-69-54(106)49(101)42(94)29(13-79)117-69/h12,21,24-27,29-72,75-83,86-111H,4-11,13-20H2,1-3H3,(H,73,84)(H,74,85)/b28-12-/t21-,24+,25+,26+,27+,29?,30?,31?,32?,33?,34?,35?,36+,37?,38?,39?,40?,41?,42+,43+,44+,45+,46+,47?,48?,49?,50?,51?,52?,53?,54?,55?,56?,57+,58+,59?,60?,61?,62?,63?,64+,65+,66+,67-,68-,69+,70-,71-,72+/m0/s1. The Bertz CT molecular complexity index is 3240. The van der Waals surface area contributed by atoms with E-state index in [1.165, 1.54) is 6.92 Å².